The van der Waals surface area contributed by atoms with Crippen LogP contribution in [0.1, 0.15) is 47.2 Å². The highest BCUT2D eigenvalue weighted by Gasteiger charge is 2.26. The average Bonchev–Trinajstić information content (AvgIpc) is 3.18. The first-order valence-electron chi connectivity index (χ1n) is 8.94. The monoisotopic (exact) mass is 358 g/mol. The van der Waals surface area contributed by atoms with Gasteiger partial charge in [0.15, 0.2) is 0 Å². The number of hydrogen-bond donors (Lipinski definition) is 3. The van der Waals surface area contributed by atoms with E-state index in [9.17, 15) is 9.90 Å². The van der Waals surface area contributed by atoms with Crippen molar-refractivity contribution < 1.29 is 9.90 Å². The Morgan fingerprint density at radius 3 is 2.62 bits per heavy atom. The SMILES string of the molecule is Cc1cc(C)nc(-n2cc(C(=O)NCC3CNCC3O)c(C(C)C)n2)n1. The van der Waals surface area contributed by atoms with Gasteiger partial charge in [-0.3, -0.25) is 4.79 Å². The molecule has 0 aliphatic carbocycles. The van der Waals surface area contributed by atoms with Crippen LogP contribution >= 0.6 is 0 Å². The Kier molecular flexibility index (Phi) is 5.33. The minimum atomic E-state index is -0.425. The van der Waals surface area contributed by atoms with Crippen LogP contribution in [0.25, 0.3) is 5.95 Å². The molecule has 8 nitrogen and oxygen atoms in total. The smallest absolute Gasteiger partial charge is 0.254 e. The summed E-state index contributed by atoms with van der Waals surface area (Å²) in [6, 6.07) is 1.89. The number of aliphatic hydroxyl groups excluding tert-OH is 1. The van der Waals surface area contributed by atoms with Crippen LogP contribution in [0.15, 0.2) is 12.3 Å². The molecule has 2 aromatic rings. The second-order valence-electron chi connectivity index (χ2n) is 7.17. The number of rotatable bonds is 5. The number of carbonyl (C=O) groups excluding carboxylic acids is 1. The number of hydrogen-bond acceptors (Lipinski definition) is 6. The van der Waals surface area contributed by atoms with Gasteiger partial charge in [-0.1, -0.05) is 13.8 Å². The minimum Gasteiger partial charge on any atom is -0.391 e. The molecule has 0 aromatic carbocycles. The molecule has 0 spiro atoms. The number of aliphatic hydroxyl groups is 1. The van der Waals surface area contributed by atoms with Crippen molar-refractivity contribution in [2.45, 2.75) is 39.7 Å². The van der Waals surface area contributed by atoms with Crippen LogP contribution in [0.2, 0.25) is 0 Å². The van der Waals surface area contributed by atoms with E-state index < -0.39 is 6.10 Å². The molecule has 2 aromatic heterocycles. The highest BCUT2D eigenvalue weighted by molar-refractivity contribution is 5.95. The number of amides is 1. The molecule has 2 unspecified atom stereocenters. The molecule has 8 heteroatoms. The van der Waals surface area contributed by atoms with Crippen molar-refractivity contribution in [2.24, 2.45) is 5.92 Å². The molecule has 1 fully saturated rings. The molecule has 0 bridgehead atoms. The van der Waals surface area contributed by atoms with Crippen molar-refractivity contribution in [3.05, 3.63) is 34.9 Å². The van der Waals surface area contributed by atoms with Crippen LogP contribution in [0.4, 0.5) is 0 Å². The molecular weight excluding hydrogens is 332 g/mol. The maximum atomic E-state index is 12.7. The fraction of sp³-hybridized carbons (Fsp3) is 0.556. The van der Waals surface area contributed by atoms with E-state index in [1.807, 2.05) is 33.8 Å². The minimum absolute atomic E-state index is 0.0271. The molecule has 3 rings (SSSR count). The molecule has 0 saturated carbocycles. The lowest BCUT2D eigenvalue weighted by atomic mass is 10.0. The summed E-state index contributed by atoms with van der Waals surface area (Å²) in [5.74, 6) is 0.378. The fourth-order valence-corrected chi connectivity index (χ4v) is 3.15. The van der Waals surface area contributed by atoms with Crippen molar-refractivity contribution in [1.82, 2.24) is 30.4 Å². The molecule has 1 aliphatic rings. The Labute approximate surface area is 153 Å². The van der Waals surface area contributed by atoms with E-state index in [4.69, 9.17) is 0 Å². The molecule has 3 heterocycles. The van der Waals surface area contributed by atoms with Gasteiger partial charge in [-0.05, 0) is 25.8 Å². The average molecular weight is 358 g/mol. The van der Waals surface area contributed by atoms with Gasteiger partial charge < -0.3 is 15.7 Å². The van der Waals surface area contributed by atoms with Gasteiger partial charge in [0.1, 0.15) is 0 Å². The van der Waals surface area contributed by atoms with Crippen LogP contribution in [-0.4, -0.2) is 56.5 Å². The lowest BCUT2D eigenvalue weighted by Crippen LogP contribution is -2.34. The maximum Gasteiger partial charge on any atom is 0.254 e. The second-order valence-corrected chi connectivity index (χ2v) is 7.17. The summed E-state index contributed by atoms with van der Waals surface area (Å²) in [5.41, 5.74) is 2.92. The zero-order chi connectivity index (χ0) is 18.8. The highest BCUT2D eigenvalue weighted by atomic mass is 16.3. The van der Waals surface area contributed by atoms with Crippen molar-refractivity contribution in [2.75, 3.05) is 19.6 Å². The van der Waals surface area contributed by atoms with Gasteiger partial charge in [0.2, 0.25) is 0 Å². The van der Waals surface area contributed by atoms with Crippen LogP contribution < -0.4 is 10.6 Å². The van der Waals surface area contributed by atoms with Crippen molar-refractivity contribution in [1.29, 1.82) is 0 Å². The summed E-state index contributed by atoms with van der Waals surface area (Å²) in [5, 5.41) is 20.5. The first-order valence-corrected chi connectivity index (χ1v) is 8.94. The van der Waals surface area contributed by atoms with Crippen molar-refractivity contribution >= 4 is 5.91 Å². The predicted octanol–water partition coefficient (Wildman–Crippen LogP) is 0.713. The summed E-state index contributed by atoms with van der Waals surface area (Å²) in [4.78, 5) is 21.5. The van der Waals surface area contributed by atoms with E-state index in [2.05, 4.69) is 25.7 Å². The van der Waals surface area contributed by atoms with Gasteiger partial charge in [-0.25, -0.2) is 14.6 Å². The molecule has 140 valence electrons. The molecular formula is C18H26N6O2. The number of carbonyl (C=O) groups is 1. The molecule has 1 aliphatic heterocycles. The number of aromatic nitrogens is 4. The normalized spacial score (nSPS) is 19.9. The molecule has 1 saturated heterocycles. The Hall–Kier alpha value is -2.32. The number of β-amino-alcohol motifs (C(OH)–C–C–N with tert-alkyl or cyclic N) is 1. The van der Waals surface area contributed by atoms with Gasteiger partial charge in [0.25, 0.3) is 11.9 Å². The van der Waals surface area contributed by atoms with Gasteiger partial charge >= 0.3 is 0 Å². The topological polar surface area (TPSA) is 105 Å². The Morgan fingerprint density at radius 2 is 2.04 bits per heavy atom. The predicted molar refractivity (Wildman–Crippen MR) is 97.4 cm³/mol. The second kappa shape index (κ2) is 7.51. The number of aryl methyl sites for hydroxylation is 2. The van der Waals surface area contributed by atoms with E-state index in [1.165, 1.54) is 0 Å². The Bertz CT molecular complexity index is 781. The van der Waals surface area contributed by atoms with Crippen molar-refractivity contribution in [3.8, 4) is 5.95 Å². The first kappa shape index (κ1) is 18.5. The third-order valence-electron chi connectivity index (χ3n) is 4.54. The molecule has 1 amide bonds. The quantitative estimate of drug-likeness (QED) is 0.727. The Balaban J connectivity index is 1.83. The lowest BCUT2D eigenvalue weighted by Gasteiger charge is -2.14. The van der Waals surface area contributed by atoms with Crippen molar-refractivity contribution in [3.63, 3.8) is 0 Å². The summed E-state index contributed by atoms with van der Waals surface area (Å²) >= 11 is 0. The summed E-state index contributed by atoms with van der Waals surface area (Å²) in [7, 11) is 0. The first-order chi connectivity index (χ1) is 12.3. The third kappa shape index (κ3) is 3.91. The lowest BCUT2D eigenvalue weighted by molar-refractivity contribution is 0.0926. The van der Waals surface area contributed by atoms with Gasteiger partial charge in [0, 0.05) is 43.1 Å². The van der Waals surface area contributed by atoms with Crippen LogP contribution in [0, 0.1) is 19.8 Å². The van der Waals surface area contributed by atoms with Crippen LogP contribution in [0.3, 0.4) is 0 Å². The number of nitrogens with zero attached hydrogens (tertiary/aromatic N) is 4. The fourth-order valence-electron chi connectivity index (χ4n) is 3.15. The van der Waals surface area contributed by atoms with E-state index in [-0.39, 0.29) is 17.7 Å². The third-order valence-corrected chi connectivity index (χ3v) is 4.54. The molecule has 3 N–H and O–H groups in total. The number of nitrogens with one attached hydrogen (secondary N) is 2. The zero-order valence-electron chi connectivity index (χ0n) is 15.7. The Morgan fingerprint density at radius 1 is 1.35 bits per heavy atom. The standard InChI is InChI=1S/C18H26N6O2/c1-10(2)16-14(17(26)20-7-13-6-19-8-15(13)25)9-24(23-16)18-21-11(3)5-12(4)22-18/h5,9-10,13,15,19,25H,6-8H2,1-4H3,(H,20,26). The summed E-state index contributed by atoms with van der Waals surface area (Å²) in [6.07, 6.45) is 1.26. The zero-order valence-corrected chi connectivity index (χ0v) is 15.7. The summed E-state index contributed by atoms with van der Waals surface area (Å²) < 4.78 is 1.57. The largest absolute Gasteiger partial charge is 0.391 e. The highest BCUT2D eigenvalue weighted by Crippen LogP contribution is 2.19. The summed E-state index contributed by atoms with van der Waals surface area (Å²) in [6.45, 7) is 9.50. The van der Waals surface area contributed by atoms with Gasteiger partial charge in [0.05, 0.1) is 17.4 Å². The molecule has 26 heavy (non-hydrogen) atoms. The molecule has 2 atom stereocenters. The van der Waals surface area contributed by atoms with Crippen LogP contribution in [0.5, 0.6) is 0 Å². The van der Waals surface area contributed by atoms with E-state index >= 15 is 0 Å². The van der Waals surface area contributed by atoms with E-state index in [0.29, 0.717) is 36.8 Å². The van der Waals surface area contributed by atoms with E-state index in [1.54, 1.807) is 10.9 Å². The van der Waals surface area contributed by atoms with Crippen LogP contribution in [-0.2, 0) is 0 Å². The molecule has 0 radical (unpaired) electrons. The maximum absolute atomic E-state index is 12.7. The van der Waals surface area contributed by atoms with Gasteiger partial charge in [-0.2, -0.15) is 5.10 Å². The van der Waals surface area contributed by atoms with Gasteiger partial charge in [-0.15, -0.1) is 0 Å². The van der Waals surface area contributed by atoms with E-state index in [0.717, 1.165) is 11.4 Å².